The van der Waals surface area contributed by atoms with Gasteiger partial charge in [-0.2, -0.15) is 0 Å². The second-order valence-corrected chi connectivity index (χ2v) is 10.00. The second-order valence-electron chi connectivity index (χ2n) is 8.86. The number of thiophene rings is 1. The van der Waals surface area contributed by atoms with Crippen LogP contribution in [0.25, 0.3) is 4.85 Å². The van der Waals surface area contributed by atoms with Crippen molar-refractivity contribution in [3.8, 4) is 0 Å². The molecule has 174 valence electrons. The molecule has 4 aliphatic heterocycles. The van der Waals surface area contributed by atoms with Gasteiger partial charge < -0.3 is 22.0 Å². The van der Waals surface area contributed by atoms with E-state index in [1.807, 2.05) is 0 Å². The Morgan fingerprint density at radius 2 is 1.69 bits per heavy atom. The molecule has 32 heavy (non-hydrogen) atoms. The Bertz CT molecular complexity index is 939. The average molecular weight is 461 g/mol. The summed E-state index contributed by atoms with van der Waals surface area (Å²) in [5.41, 5.74) is 17.6. The Labute approximate surface area is 192 Å². The SMILES string of the molecule is CN1C2CC[C@@H]1CCC2=O.CN1C2CC[C@@H]1Cc1sc(N)c(C(N)=O)c12.[C-]#[N+]CC(N)=O. The van der Waals surface area contributed by atoms with Crippen molar-refractivity contribution in [1.82, 2.24) is 9.80 Å². The summed E-state index contributed by atoms with van der Waals surface area (Å²) in [5.74, 6) is -0.477. The minimum Gasteiger partial charge on any atom is -0.390 e. The first-order valence-electron chi connectivity index (χ1n) is 10.9. The molecule has 2 amide bonds. The number of nitrogen functional groups attached to an aromatic ring is 1. The molecular formula is C22H32N6O3S. The van der Waals surface area contributed by atoms with E-state index in [1.54, 1.807) is 11.3 Å². The molecule has 10 heteroatoms. The van der Waals surface area contributed by atoms with Gasteiger partial charge in [-0.05, 0) is 58.2 Å². The highest BCUT2D eigenvalue weighted by Crippen LogP contribution is 2.48. The van der Waals surface area contributed by atoms with Crippen molar-refractivity contribution < 1.29 is 14.4 Å². The second kappa shape index (κ2) is 9.98. The Morgan fingerprint density at radius 3 is 2.25 bits per heavy atom. The number of hydrogen-bond donors (Lipinski definition) is 3. The number of carbonyl (C=O) groups excluding carboxylic acids is 3. The fraction of sp³-hybridized carbons (Fsp3) is 0.636. The van der Waals surface area contributed by atoms with Crippen LogP contribution in [-0.4, -0.2) is 66.2 Å². The van der Waals surface area contributed by atoms with E-state index in [9.17, 15) is 14.4 Å². The van der Waals surface area contributed by atoms with Crippen LogP contribution >= 0.6 is 11.3 Å². The first-order chi connectivity index (χ1) is 15.1. The smallest absolute Gasteiger partial charge is 0.297 e. The molecule has 5 rings (SSSR count). The number of carbonyl (C=O) groups is 3. The summed E-state index contributed by atoms with van der Waals surface area (Å²) in [6, 6.07) is 1.99. The van der Waals surface area contributed by atoms with Gasteiger partial charge in [0.2, 0.25) is 0 Å². The largest absolute Gasteiger partial charge is 0.390 e. The number of ketones is 1. The number of piperidine rings is 1. The van der Waals surface area contributed by atoms with Gasteiger partial charge in [0.05, 0.1) is 16.6 Å². The van der Waals surface area contributed by atoms with Gasteiger partial charge in [-0.25, -0.2) is 6.57 Å². The van der Waals surface area contributed by atoms with Crippen LogP contribution in [0.5, 0.6) is 0 Å². The van der Waals surface area contributed by atoms with Crippen molar-refractivity contribution in [3.05, 3.63) is 27.4 Å². The van der Waals surface area contributed by atoms with Gasteiger partial charge in [0.25, 0.3) is 18.4 Å². The maximum atomic E-state index is 11.5. The number of anilines is 1. The van der Waals surface area contributed by atoms with Crippen molar-refractivity contribution in [2.24, 2.45) is 11.5 Å². The third kappa shape index (κ3) is 4.80. The summed E-state index contributed by atoms with van der Waals surface area (Å²) in [5, 5.41) is 0.596. The Hall–Kier alpha value is -2.48. The van der Waals surface area contributed by atoms with Gasteiger partial charge in [0, 0.05) is 29.4 Å². The summed E-state index contributed by atoms with van der Waals surface area (Å²) in [4.78, 5) is 40.9. The molecule has 2 unspecified atom stereocenters. The lowest BCUT2D eigenvalue weighted by atomic mass is 9.97. The Balaban J connectivity index is 0.000000154. The first kappa shape index (κ1) is 24.2. The molecule has 6 N–H and O–H groups in total. The number of hydrogen-bond acceptors (Lipinski definition) is 7. The zero-order chi connectivity index (χ0) is 23.6. The van der Waals surface area contributed by atoms with Crippen LogP contribution in [0.1, 0.15) is 65.4 Å². The van der Waals surface area contributed by atoms with E-state index < -0.39 is 5.91 Å². The molecule has 0 radical (unpaired) electrons. The summed E-state index contributed by atoms with van der Waals surface area (Å²) in [6.45, 7) is 5.86. The molecule has 4 aliphatic rings. The average Bonchev–Trinajstić information content (AvgIpc) is 3.26. The number of fused-ring (bicyclic) bond motifs is 6. The first-order valence-corrected chi connectivity index (χ1v) is 11.8. The molecule has 0 saturated carbocycles. The van der Waals surface area contributed by atoms with Gasteiger partial charge in [0.15, 0.2) is 0 Å². The zero-order valence-corrected chi connectivity index (χ0v) is 19.5. The van der Waals surface area contributed by atoms with Gasteiger partial charge in [-0.3, -0.25) is 24.2 Å². The molecule has 0 aliphatic carbocycles. The molecule has 3 fully saturated rings. The van der Waals surface area contributed by atoms with Crippen molar-refractivity contribution in [3.63, 3.8) is 0 Å². The molecule has 9 nitrogen and oxygen atoms in total. The minimum absolute atomic E-state index is 0.194. The standard InChI is InChI=1S/C11H15N3OS.C8H13NO.C3H4N2O/c1-14-5-2-3-6(14)8-7(4-5)16-11(13)9(8)10(12)15;1-9-6-2-4-7(9)8(10)5-3-6;1-5-2-3(4)6/h5-6H,2-4,13H2,1H3,(H2,12,15);6-7H,2-5H2,1H3;2H2,(H2,4,6)/t5-,6?;6-,7?;/m11./s1. The number of nitrogens with zero attached hydrogens (tertiary/aromatic N) is 3. The summed E-state index contributed by atoms with van der Waals surface area (Å²) >= 11 is 1.54. The minimum atomic E-state index is -0.565. The molecular weight excluding hydrogens is 428 g/mol. The van der Waals surface area contributed by atoms with E-state index in [-0.39, 0.29) is 12.5 Å². The van der Waals surface area contributed by atoms with E-state index >= 15 is 0 Å². The van der Waals surface area contributed by atoms with Crippen LogP contribution in [0.15, 0.2) is 0 Å². The molecule has 1 aromatic heterocycles. The van der Waals surface area contributed by atoms with Crippen LogP contribution in [0.3, 0.4) is 0 Å². The normalized spacial score (nSPS) is 28.0. The predicted octanol–water partition coefficient (Wildman–Crippen LogP) is 1.32. The summed E-state index contributed by atoms with van der Waals surface area (Å²) in [6.07, 6.45) is 7.63. The maximum absolute atomic E-state index is 11.5. The van der Waals surface area contributed by atoms with Crippen molar-refractivity contribution >= 4 is 33.9 Å². The highest BCUT2D eigenvalue weighted by atomic mass is 32.1. The number of likely N-dealkylation sites (N-methyl/N-ethyl adjacent to an activating group) is 2. The zero-order valence-electron chi connectivity index (χ0n) is 18.7. The van der Waals surface area contributed by atoms with Crippen LogP contribution in [0.2, 0.25) is 0 Å². The maximum Gasteiger partial charge on any atom is 0.297 e. The Kier molecular flexibility index (Phi) is 7.54. The fourth-order valence-electron chi connectivity index (χ4n) is 5.39. The van der Waals surface area contributed by atoms with Gasteiger partial charge >= 0.3 is 0 Å². The molecule has 1 aromatic rings. The van der Waals surface area contributed by atoms with Crippen LogP contribution in [0.4, 0.5) is 5.00 Å². The number of Topliss-reactive ketones (excluding diaryl/α,β-unsaturated/α-hetero) is 1. The van der Waals surface area contributed by atoms with Gasteiger partial charge in [-0.1, -0.05) is 0 Å². The van der Waals surface area contributed by atoms with Crippen LogP contribution in [-0.2, 0) is 16.0 Å². The lowest BCUT2D eigenvalue weighted by Crippen LogP contribution is -2.42. The van der Waals surface area contributed by atoms with Gasteiger partial charge in [0.1, 0.15) is 5.78 Å². The van der Waals surface area contributed by atoms with Crippen molar-refractivity contribution in [2.75, 3.05) is 26.4 Å². The molecule has 0 spiro atoms. The summed E-state index contributed by atoms with van der Waals surface area (Å²) < 4.78 is 0. The lowest BCUT2D eigenvalue weighted by Gasteiger charge is -2.31. The predicted molar refractivity (Wildman–Crippen MR) is 124 cm³/mol. The lowest BCUT2D eigenvalue weighted by molar-refractivity contribution is -0.125. The van der Waals surface area contributed by atoms with E-state index in [4.69, 9.17) is 18.0 Å². The molecule has 3 saturated heterocycles. The molecule has 0 aromatic carbocycles. The van der Waals surface area contributed by atoms with Crippen molar-refractivity contribution in [2.45, 2.75) is 69.1 Å². The van der Waals surface area contributed by atoms with Crippen molar-refractivity contribution in [1.29, 1.82) is 0 Å². The van der Waals surface area contributed by atoms with Gasteiger partial charge in [-0.15, -0.1) is 11.3 Å². The molecule has 5 heterocycles. The number of rotatable bonds is 2. The van der Waals surface area contributed by atoms with E-state index in [1.165, 1.54) is 17.7 Å². The van der Waals surface area contributed by atoms with E-state index in [0.717, 1.165) is 43.7 Å². The fourth-order valence-corrected chi connectivity index (χ4v) is 6.59. The summed E-state index contributed by atoms with van der Waals surface area (Å²) in [7, 11) is 4.21. The monoisotopic (exact) mass is 460 g/mol. The Morgan fingerprint density at radius 1 is 1.06 bits per heavy atom. The highest BCUT2D eigenvalue weighted by molar-refractivity contribution is 7.16. The number of amides is 2. The quantitative estimate of drug-likeness (QED) is 0.569. The molecule has 4 bridgehead atoms. The number of nitrogens with two attached hydrogens (primary N) is 3. The third-order valence-electron chi connectivity index (χ3n) is 7.06. The van der Waals surface area contributed by atoms with E-state index in [0.29, 0.717) is 34.5 Å². The van der Waals surface area contributed by atoms with Crippen LogP contribution in [0, 0.1) is 6.57 Å². The highest BCUT2D eigenvalue weighted by Gasteiger charge is 2.41. The molecule has 4 atom stereocenters. The topological polar surface area (TPSA) is 140 Å². The number of primary amides is 2. The van der Waals surface area contributed by atoms with Crippen LogP contribution < -0.4 is 17.2 Å². The third-order valence-corrected chi connectivity index (χ3v) is 8.12. The van der Waals surface area contributed by atoms with E-state index in [2.05, 4.69) is 34.5 Å².